The lowest BCUT2D eigenvalue weighted by molar-refractivity contribution is -0.682. The average molecular weight is 236 g/mol. The number of urea groups is 1. The van der Waals surface area contributed by atoms with Crippen molar-refractivity contribution in [3.63, 3.8) is 0 Å². The van der Waals surface area contributed by atoms with Crippen LogP contribution in [-0.2, 0) is 4.79 Å². The summed E-state index contributed by atoms with van der Waals surface area (Å²) in [5.41, 5.74) is 1.15. The minimum Gasteiger partial charge on any atom is -0.341 e. The summed E-state index contributed by atoms with van der Waals surface area (Å²) in [6.45, 7) is 2.24. The minimum atomic E-state index is -0.476. The number of nitrogens with two attached hydrogens (primary N) is 1. The lowest BCUT2D eigenvalue weighted by Crippen LogP contribution is -2.87. The SMILES string of the molecule is CNC(=O)NC(=O)C[NH2+][C@H](C)c1ccccc1. The Morgan fingerprint density at radius 1 is 1.29 bits per heavy atom. The summed E-state index contributed by atoms with van der Waals surface area (Å²) in [6.07, 6.45) is 0. The number of quaternary nitrogens is 1. The molecule has 0 radical (unpaired) electrons. The first-order valence-electron chi connectivity index (χ1n) is 5.53. The number of imide groups is 1. The molecule has 1 aromatic carbocycles. The maximum absolute atomic E-state index is 11.3. The van der Waals surface area contributed by atoms with E-state index in [1.54, 1.807) is 0 Å². The zero-order valence-corrected chi connectivity index (χ0v) is 10.1. The second-order valence-electron chi connectivity index (χ2n) is 3.77. The van der Waals surface area contributed by atoms with Gasteiger partial charge in [-0.2, -0.15) is 0 Å². The van der Waals surface area contributed by atoms with Crippen LogP contribution in [0.2, 0.25) is 0 Å². The lowest BCUT2D eigenvalue weighted by Gasteiger charge is -2.10. The number of rotatable bonds is 4. The molecule has 0 spiro atoms. The zero-order valence-electron chi connectivity index (χ0n) is 10.1. The van der Waals surface area contributed by atoms with Gasteiger partial charge in [0.2, 0.25) is 0 Å². The highest BCUT2D eigenvalue weighted by Gasteiger charge is 2.12. The Kier molecular flexibility index (Phi) is 5.16. The molecule has 0 aliphatic heterocycles. The molecule has 0 bridgehead atoms. The molecule has 1 aromatic rings. The van der Waals surface area contributed by atoms with Gasteiger partial charge in [-0.3, -0.25) is 10.1 Å². The molecule has 0 fully saturated rings. The monoisotopic (exact) mass is 236 g/mol. The Balaban J connectivity index is 2.36. The van der Waals surface area contributed by atoms with E-state index in [0.29, 0.717) is 0 Å². The molecule has 0 aromatic heterocycles. The molecule has 5 heteroatoms. The van der Waals surface area contributed by atoms with Gasteiger partial charge in [0, 0.05) is 12.6 Å². The van der Waals surface area contributed by atoms with Gasteiger partial charge in [0.05, 0.1) is 0 Å². The van der Waals surface area contributed by atoms with Crippen LogP contribution in [0.1, 0.15) is 18.5 Å². The molecule has 92 valence electrons. The van der Waals surface area contributed by atoms with Crippen molar-refractivity contribution in [1.29, 1.82) is 0 Å². The van der Waals surface area contributed by atoms with Crippen molar-refractivity contribution in [2.24, 2.45) is 0 Å². The van der Waals surface area contributed by atoms with Crippen LogP contribution < -0.4 is 16.0 Å². The summed E-state index contributed by atoms with van der Waals surface area (Å²) in [4.78, 5) is 22.2. The van der Waals surface area contributed by atoms with Gasteiger partial charge in [0.15, 0.2) is 6.54 Å². The van der Waals surface area contributed by atoms with Crippen LogP contribution >= 0.6 is 0 Å². The standard InChI is InChI=1S/C12H17N3O2/c1-9(10-6-4-3-5-7-10)14-8-11(16)15-12(17)13-2/h3-7,9,14H,8H2,1-2H3,(H2,13,15,16,17)/p+1/t9-/m1/s1. The summed E-state index contributed by atoms with van der Waals surface area (Å²) < 4.78 is 0. The predicted octanol–water partition coefficient (Wildman–Crippen LogP) is -0.233. The van der Waals surface area contributed by atoms with E-state index in [4.69, 9.17) is 0 Å². The van der Waals surface area contributed by atoms with E-state index in [2.05, 4.69) is 10.6 Å². The summed E-state index contributed by atoms with van der Waals surface area (Å²) in [5.74, 6) is -0.299. The predicted molar refractivity (Wildman–Crippen MR) is 64.2 cm³/mol. The highest BCUT2D eigenvalue weighted by molar-refractivity contribution is 5.94. The molecule has 0 aliphatic rings. The summed E-state index contributed by atoms with van der Waals surface area (Å²) in [7, 11) is 1.47. The van der Waals surface area contributed by atoms with Crippen LogP contribution in [0.4, 0.5) is 4.79 Å². The van der Waals surface area contributed by atoms with Crippen LogP contribution in [0.25, 0.3) is 0 Å². The molecule has 0 saturated heterocycles. The van der Waals surface area contributed by atoms with E-state index in [0.717, 1.165) is 5.56 Å². The Hall–Kier alpha value is -1.88. The maximum Gasteiger partial charge on any atom is 0.321 e. The summed E-state index contributed by atoms with van der Waals surface area (Å²) >= 11 is 0. The maximum atomic E-state index is 11.3. The third kappa shape index (κ3) is 4.65. The summed E-state index contributed by atoms with van der Waals surface area (Å²) in [5, 5.41) is 6.43. The lowest BCUT2D eigenvalue weighted by atomic mass is 10.1. The van der Waals surface area contributed by atoms with Crippen molar-refractivity contribution in [1.82, 2.24) is 10.6 Å². The van der Waals surface area contributed by atoms with Crippen LogP contribution in [0.15, 0.2) is 30.3 Å². The third-order valence-electron chi connectivity index (χ3n) is 2.46. The molecule has 0 heterocycles. The average Bonchev–Trinajstić information content (AvgIpc) is 2.36. The first-order chi connectivity index (χ1) is 8.13. The Morgan fingerprint density at radius 2 is 1.94 bits per heavy atom. The van der Waals surface area contributed by atoms with Gasteiger partial charge in [-0.15, -0.1) is 0 Å². The van der Waals surface area contributed by atoms with Crippen LogP contribution in [0.5, 0.6) is 0 Å². The van der Waals surface area contributed by atoms with E-state index in [1.807, 2.05) is 42.6 Å². The summed E-state index contributed by atoms with van der Waals surface area (Å²) in [6, 6.07) is 9.61. The molecule has 4 N–H and O–H groups in total. The number of hydrogen-bond donors (Lipinski definition) is 3. The van der Waals surface area contributed by atoms with E-state index >= 15 is 0 Å². The third-order valence-corrected chi connectivity index (χ3v) is 2.46. The molecule has 1 rings (SSSR count). The zero-order chi connectivity index (χ0) is 12.7. The van der Waals surface area contributed by atoms with E-state index in [9.17, 15) is 9.59 Å². The van der Waals surface area contributed by atoms with Crippen molar-refractivity contribution < 1.29 is 14.9 Å². The number of carbonyl (C=O) groups is 2. The first kappa shape index (κ1) is 13.2. The molecule has 17 heavy (non-hydrogen) atoms. The number of hydrogen-bond acceptors (Lipinski definition) is 2. The van der Waals surface area contributed by atoms with Gasteiger partial charge in [-0.05, 0) is 6.92 Å². The van der Waals surface area contributed by atoms with Gasteiger partial charge in [-0.25, -0.2) is 4.79 Å². The van der Waals surface area contributed by atoms with Crippen LogP contribution in [-0.4, -0.2) is 25.5 Å². The first-order valence-corrected chi connectivity index (χ1v) is 5.53. The Labute approximate surface area is 101 Å². The van der Waals surface area contributed by atoms with Gasteiger partial charge in [0.1, 0.15) is 6.04 Å². The fourth-order valence-electron chi connectivity index (χ4n) is 1.42. The van der Waals surface area contributed by atoms with E-state index < -0.39 is 6.03 Å². The molecule has 0 unspecified atom stereocenters. The van der Waals surface area contributed by atoms with Crippen molar-refractivity contribution in [2.45, 2.75) is 13.0 Å². The van der Waals surface area contributed by atoms with Crippen molar-refractivity contribution in [3.8, 4) is 0 Å². The molecule has 0 aliphatic carbocycles. The number of benzene rings is 1. The Bertz CT molecular complexity index is 379. The van der Waals surface area contributed by atoms with Gasteiger partial charge in [-0.1, -0.05) is 30.3 Å². The minimum absolute atomic E-state index is 0.187. The quantitative estimate of drug-likeness (QED) is 0.675. The van der Waals surface area contributed by atoms with Gasteiger partial charge < -0.3 is 10.6 Å². The van der Waals surface area contributed by atoms with Gasteiger partial charge in [0.25, 0.3) is 5.91 Å². The fourth-order valence-corrected chi connectivity index (χ4v) is 1.42. The Morgan fingerprint density at radius 3 is 2.53 bits per heavy atom. The second-order valence-corrected chi connectivity index (χ2v) is 3.77. The topological polar surface area (TPSA) is 74.8 Å². The van der Waals surface area contributed by atoms with E-state index in [1.165, 1.54) is 7.05 Å². The van der Waals surface area contributed by atoms with E-state index in [-0.39, 0.29) is 18.5 Å². The highest BCUT2D eigenvalue weighted by Crippen LogP contribution is 2.05. The van der Waals surface area contributed by atoms with Crippen molar-refractivity contribution in [3.05, 3.63) is 35.9 Å². The van der Waals surface area contributed by atoms with Gasteiger partial charge >= 0.3 is 6.03 Å². The highest BCUT2D eigenvalue weighted by atomic mass is 16.2. The normalized spacial score (nSPS) is 11.6. The number of amides is 3. The molecule has 5 nitrogen and oxygen atoms in total. The fraction of sp³-hybridized carbons (Fsp3) is 0.333. The van der Waals surface area contributed by atoms with Crippen molar-refractivity contribution >= 4 is 11.9 Å². The largest absolute Gasteiger partial charge is 0.341 e. The molecule has 1 atom stereocenters. The van der Waals surface area contributed by atoms with Crippen LogP contribution in [0.3, 0.4) is 0 Å². The smallest absolute Gasteiger partial charge is 0.321 e. The van der Waals surface area contributed by atoms with Crippen LogP contribution in [0, 0.1) is 0 Å². The number of carbonyl (C=O) groups excluding carboxylic acids is 2. The molecule has 3 amide bonds. The molecular weight excluding hydrogens is 218 g/mol. The second kappa shape index (κ2) is 6.65. The number of nitrogens with one attached hydrogen (secondary N) is 2. The molecule has 0 saturated carbocycles. The molecular formula is C12H18N3O2+. The van der Waals surface area contributed by atoms with Crippen molar-refractivity contribution in [2.75, 3.05) is 13.6 Å².